The van der Waals surface area contributed by atoms with Crippen molar-refractivity contribution in [1.82, 2.24) is 9.88 Å². The average Bonchev–Trinajstić information content (AvgIpc) is 3.05. The standard InChI is InChI=1S/C23H34N2OSi/c1-17-16-22-20(18-8-10-19(26-2)11-9-18)6-5-7-21(22)23(17)27(3,4)25-14-12-24-13-15-25/h5-11,17,21-24H,12-16H2,1-4H3. The average molecular weight is 383 g/mol. The minimum atomic E-state index is -1.49. The van der Waals surface area contributed by atoms with Crippen LogP contribution in [-0.4, -0.2) is 46.1 Å². The van der Waals surface area contributed by atoms with Crippen molar-refractivity contribution in [2.75, 3.05) is 33.3 Å². The molecule has 4 heteroatoms. The molecule has 4 rings (SSSR count). The van der Waals surface area contributed by atoms with E-state index < -0.39 is 8.24 Å². The van der Waals surface area contributed by atoms with E-state index in [2.05, 4.69) is 72.4 Å². The fraction of sp³-hybridized carbons (Fsp3) is 0.565. The number of methoxy groups -OCH3 is 1. The van der Waals surface area contributed by atoms with Gasteiger partial charge < -0.3 is 14.6 Å². The molecular weight excluding hydrogens is 348 g/mol. The Morgan fingerprint density at radius 2 is 1.81 bits per heavy atom. The lowest BCUT2D eigenvalue weighted by Crippen LogP contribution is -2.60. The first kappa shape index (κ1) is 19.0. The van der Waals surface area contributed by atoms with Gasteiger partial charge in [0.05, 0.1) is 7.11 Å². The lowest BCUT2D eigenvalue weighted by Gasteiger charge is -2.47. The first-order valence-electron chi connectivity index (χ1n) is 10.5. The van der Waals surface area contributed by atoms with Gasteiger partial charge in [-0.3, -0.25) is 0 Å². The van der Waals surface area contributed by atoms with E-state index in [1.165, 1.54) is 30.6 Å². The summed E-state index contributed by atoms with van der Waals surface area (Å²) in [5.41, 5.74) is 3.73. The number of hydrogen-bond acceptors (Lipinski definition) is 3. The van der Waals surface area contributed by atoms with Crippen LogP contribution in [0.2, 0.25) is 18.6 Å². The summed E-state index contributed by atoms with van der Waals surface area (Å²) >= 11 is 0. The molecule has 0 aromatic heterocycles. The second-order valence-electron chi connectivity index (χ2n) is 9.05. The fourth-order valence-electron chi connectivity index (χ4n) is 6.05. The first-order valence-corrected chi connectivity index (χ1v) is 13.5. The van der Waals surface area contributed by atoms with E-state index in [0.717, 1.165) is 30.3 Å². The molecule has 0 bridgehead atoms. The maximum Gasteiger partial charge on any atom is 0.126 e. The van der Waals surface area contributed by atoms with E-state index in [0.29, 0.717) is 11.8 Å². The molecule has 4 atom stereocenters. The molecule has 1 aliphatic heterocycles. The van der Waals surface area contributed by atoms with Gasteiger partial charge in [-0.05, 0) is 53.0 Å². The third kappa shape index (κ3) is 3.43. The maximum absolute atomic E-state index is 5.35. The predicted molar refractivity (Wildman–Crippen MR) is 117 cm³/mol. The highest BCUT2D eigenvalue weighted by molar-refractivity contribution is 6.76. The molecule has 1 aromatic rings. The molecule has 3 nitrogen and oxygen atoms in total. The first-order chi connectivity index (χ1) is 13.0. The Labute approximate surface area is 165 Å². The topological polar surface area (TPSA) is 24.5 Å². The summed E-state index contributed by atoms with van der Waals surface area (Å²) in [4.78, 5) is 0. The van der Waals surface area contributed by atoms with Crippen molar-refractivity contribution < 1.29 is 4.74 Å². The van der Waals surface area contributed by atoms with Crippen LogP contribution < -0.4 is 10.1 Å². The number of allylic oxidation sites excluding steroid dienone is 4. The number of ether oxygens (including phenoxy) is 1. The number of fused-ring (bicyclic) bond motifs is 1. The zero-order valence-electron chi connectivity index (χ0n) is 17.2. The summed E-state index contributed by atoms with van der Waals surface area (Å²) in [6, 6.07) is 8.66. The Balaban J connectivity index is 1.60. The lowest BCUT2D eigenvalue weighted by atomic mass is 9.81. The van der Waals surface area contributed by atoms with Crippen molar-refractivity contribution >= 4 is 13.8 Å². The van der Waals surface area contributed by atoms with Gasteiger partial charge in [-0.15, -0.1) is 0 Å². The van der Waals surface area contributed by atoms with Crippen molar-refractivity contribution in [3.05, 3.63) is 48.1 Å². The van der Waals surface area contributed by atoms with Crippen molar-refractivity contribution in [2.45, 2.75) is 32.0 Å². The molecule has 1 saturated heterocycles. The Morgan fingerprint density at radius 1 is 1.11 bits per heavy atom. The molecule has 0 spiro atoms. The summed E-state index contributed by atoms with van der Waals surface area (Å²) in [7, 11) is 0.245. The molecule has 146 valence electrons. The summed E-state index contributed by atoms with van der Waals surface area (Å²) in [5.74, 6) is 3.09. The van der Waals surface area contributed by atoms with Crippen molar-refractivity contribution in [1.29, 1.82) is 0 Å². The van der Waals surface area contributed by atoms with Crippen LogP contribution in [0.15, 0.2) is 42.5 Å². The van der Waals surface area contributed by atoms with Gasteiger partial charge in [0.15, 0.2) is 0 Å². The van der Waals surface area contributed by atoms with Gasteiger partial charge in [0.25, 0.3) is 0 Å². The van der Waals surface area contributed by atoms with Crippen LogP contribution in [0.4, 0.5) is 0 Å². The number of hydrogen-bond donors (Lipinski definition) is 1. The van der Waals surface area contributed by atoms with Crippen LogP contribution in [0, 0.1) is 17.8 Å². The van der Waals surface area contributed by atoms with E-state index in [-0.39, 0.29) is 0 Å². The Bertz CT molecular complexity index is 718. The van der Waals surface area contributed by atoms with Crippen LogP contribution in [0.5, 0.6) is 5.75 Å². The van der Waals surface area contributed by atoms with Crippen LogP contribution in [0.3, 0.4) is 0 Å². The molecule has 1 aromatic carbocycles. The second kappa shape index (κ2) is 7.57. The quantitative estimate of drug-likeness (QED) is 0.781. The minimum absolute atomic E-state index is 0.665. The maximum atomic E-state index is 5.35. The molecule has 1 saturated carbocycles. The number of rotatable bonds is 4. The van der Waals surface area contributed by atoms with Gasteiger partial charge in [-0.1, -0.05) is 50.4 Å². The van der Waals surface area contributed by atoms with Crippen LogP contribution in [0.25, 0.3) is 5.57 Å². The van der Waals surface area contributed by atoms with Gasteiger partial charge in [-0.2, -0.15) is 0 Å². The van der Waals surface area contributed by atoms with Crippen LogP contribution >= 0.6 is 0 Å². The van der Waals surface area contributed by atoms with Crippen LogP contribution in [-0.2, 0) is 0 Å². The normalized spacial score (nSPS) is 31.5. The van der Waals surface area contributed by atoms with E-state index in [1.807, 2.05) is 0 Å². The highest BCUT2D eigenvalue weighted by atomic mass is 28.3. The van der Waals surface area contributed by atoms with Crippen molar-refractivity contribution in [3.63, 3.8) is 0 Å². The second-order valence-corrected chi connectivity index (χ2v) is 13.7. The summed E-state index contributed by atoms with van der Waals surface area (Å²) in [6.07, 6.45) is 8.54. The number of piperazine rings is 1. The lowest BCUT2D eigenvalue weighted by molar-refractivity contribution is 0.341. The Hall–Kier alpha value is -1.36. The smallest absolute Gasteiger partial charge is 0.126 e. The summed E-state index contributed by atoms with van der Waals surface area (Å²) in [6.45, 7) is 12.5. The van der Waals surface area contributed by atoms with E-state index >= 15 is 0 Å². The zero-order valence-corrected chi connectivity index (χ0v) is 18.2. The molecule has 27 heavy (non-hydrogen) atoms. The molecule has 2 fully saturated rings. The third-order valence-corrected chi connectivity index (χ3v) is 12.0. The van der Waals surface area contributed by atoms with Crippen molar-refractivity contribution in [2.24, 2.45) is 17.8 Å². The molecule has 1 N–H and O–H groups in total. The highest BCUT2D eigenvalue weighted by Gasteiger charge is 2.52. The van der Waals surface area contributed by atoms with Gasteiger partial charge in [-0.25, -0.2) is 0 Å². The van der Waals surface area contributed by atoms with E-state index in [4.69, 9.17) is 4.74 Å². The Morgan fingerprint density at radius 3 is 2.48 bits per heavy atom. The zero-order chi connectivity index (χ0) is 19.0. The van der Waals surface area contributed by atoms with Gasteiger partial charge in [0, 0.05) is 26.2 Å². The van der Waals surface area contributed by atoms with Crippen LogP contribution in [0.1, 0.15) is 18.9 Å². The molecule has 0 amide bonds. The Kier molecular flexibility index (Phi) is 5.32. The summed E-state index contributed by atoms with van der Waals surface area (Å²) < 4.78 is 8.22. The SMILES string of the molecule is COc1ccc(C2=CC=CC3C2CC(C)C3[Si](C)(C)N2CCNCC2)cc1. The van der Waals surface area contributed by atoms with Gasteiger partial charge in [0.1, 0.15) is 14.0 Å². The van der Waals surface area contributed by atoms with Crippen molar-refractivity contribution in [3.8, 4) is 5.75 Å². The molecule has 3 aliphatic rings. The fourth-order valence-corrected chi connectivity index (χ4v) is 10.7. The summed E-state index contributed by atoms with van der Waals surface area (Å²) in [5, 5.41) is 3.53. The minimum Gasteiger partial charge on any atom is -0.497 e. The number of nitrogens with one attached hydrogen (secondary N) is 1. The highest BCUT2D eigenvalue weighted by Crippen LogP contribution is 2.57. The van der Waals surface area contributed by atoms with E-state index in [9.17, 15) is 0 Å². The molecule has 2 aliphatic carbocycles. The number of nitrogens with zero attached hydrogens (tertiary/aromatic N) is 1. The predicted octanol–water partition coefficient (Wildman–Crippen LogP) is 4.40. The molecule has 0 radical (unpaired) electrons. The largest absolute Gasteiger partial charge is 0.497 e. The third-order valence-electron chi connectivity index (χ3n) is 7.30. The molecule has 1 heterocycles. The van der Waals surface area contributed by atoms with Gasteiger partial charge >= 0.3 is 0 Å². The molecule has 4 unspecified atom stereocenters. The number of benzene rings is 1. The monoisotopic (exact) mass is 382 g/mol. The van der Waals surface area contributed by atoms with Gasteiger partial charge in [0.2, 0.25) is 0 Å². The van der Waals surface area contributed by atoms with E-state index in [1.54, 1.807) is 7.11 Å². The molecular formula is C23H34N2OSi.